The molecule has 0 bridgehead atoms. The standard InChI is InChI=1S/C29H30Cl2F3N3O4S/c1-19(27(39)35-28(2,3)4)36(17-20-10-8-9-13-24(20)30)26(38)18-37(42(40,41)22-11-6-5-7-12-22)21-14-15-25(31)23(16-21)29(32,33)34/h5-16,19H,17-18H2,1-4H3,(H,35,39)/t19-/m0/s1. The lowest BCUT2D eigenvalue weighted by molar-refractivity contribution is -0.140. The van der Waals surface area contributed by atoms with Crippen molar-refractivity contribution in [2.45, 2.75) is 56.9 Å². The highest BCUT2D eigenvalue weighted by Crippen LogP contribution is 2.38. The summed E-state index contributed by atoms with van der Waals surface area (Å²) in [7, 11) is -4.56. The molecule has 2 amide bonds. The van der Waals surface area contributed by atoms with Crippen LogP contribution in [0.25, 0.3) is 0 Å². The average Bonchev–Trinajstić information content (AvgIpc) is 2.90. The van der Waals surface area contributed by atoms with Crippen molar-refractivity contribution in [1.29, 1.82) is 0 Å². The predicted octanol–water partition coefficient (Wildman–Crippen LogP) is 6.54. The van der Waals surface area contributed by atoms with Crippen LogP contribution in [0, 0.1) is 0 Å². The first kappa shape index (κ1) is 33.2. The van der Waals surface area contributed by atoms with Crippen LogP contribution in [0.3, 0.4) is 0 Å². The number of sulfonamides is 1. The van der Waals surface area contributed by atoms with Gasteiger partial charge in [0, 0.05) is 17.1 Å². The Kier molecular flexibility index (Phi) is 10.2. The summed E-state index contributed by atoms with van der Waals surface area (Å²) in [4.78, 5) is 27.9. The van der Waals surface area contributed by atoms with E-state index in [2.05, 4.69) is 5.32 Å². The number of hydrogen-bond donors (Lipinski definition) is 1. The minimum atomic E-state index is -4.89. The number of nitrogens with zero attached hydrogens (tertiary/aromatic N) is 2. The molecule has 3 aromatic carbocycles. The van der Waals surface area contributed by atoms with Crippen LogP contribution in [0.2, 0.25) is 10.0 Å². The highest BCUT2D eigenvalue weighted by atomic mass is 35.5. The molecule has 3 rings (SSSR count). The smallest absolute Gasteiger partial charge is 0.350 e. The predicted molar refractivity (Wildman–Crippen MR) is 157 cm³/mol. The normalized spacial score (nSPS) is 12.9. The van der Waals surface area contributed by atoms with Crippen LogP contribution in [-0.2, 0) is 32.3 Å². The number of carbonyl (C=O) groups excluding carboxylic acids is 2. The molecule has 0 saturated heterocycles. The van der Waals surface area contributed by atoms with E-state index in [0.717, 1.165) is 17.0 Å². The second-order valence-corrected chi connectivity index (χ2v) is 13.2. The number of alkyl halides is 3. The van der Waals surface area contributed by atoms with E-state index in [1.54, 1.807) is 51.1 Å². The van der Waals surface area contributed by atoms with Gasteiger partial charge in [0.15, 0.2) is 0 Å². The summed E-state index contributed by atoms with van der Waals surface area (Å²) < 4.78 is 69.3. The fourth-order valence-corrected chi connectivity index (χ4v) is 5.85. The molecule has 0 fully saturated rings. The number of amides is 2. The zero-order chi connectivity index (χ0) is 31.5. The summed E-state index contributed by atoms with van der Waals surface area (Å²) in [5, 5.41) is 2.46. The van der Waals surface area contributed by atoms with E-state index in [4.69, 9.17) is 23.2 Å². The zero-order valence-corrected chi connectivity index (χ0v) is 25.6. The second kappa shape index (κ2) is 12.9. The number of rotatable bonds is 9. The first-order valence-corrected chi connectivity index (χ1v) is 14.9. The first-order chi connectivity index (χ1) is 19.4. The third-order valence-corrected chi connectivity index (χ3v) is 8.60. The minimum Gasteiger partial charge on any atom is -0.350 e. The maximum Gasteiger partial charge on any atom is 0.417 e. The van der Waals surface area contributed by atoms with E-state index in [1.807, 2.05) is 0 Å². The summed E-state index contributed by atoms with van der Waals surface area (Å²) in [6.45, 7) is 5.63. The van der Waals surface area contributed by atoms with Crippen LogP contribution in [-0.4, -0.2) is 43.3 Å². The molecule has 0 saturated carbocycles. The topological polar surface area (TPSA) is 86.8 Å². The fraction of sp³-hybridized carbons (Fsp3) is 0.310. The van der Waals surface area contributed by atoms with Gasteiger partial charge in [0.2, 0.25) is 11.8 Å². The average molecular weight is 645 g/mol. The Labute approximate surface area is 253 Å². The number of halogens is 5. The number of benzene rings is 3. The largest absolute Gasteiger partial charge is 0.417 e. The van der Waals surface area contributed by atoms with Gasteiger partial charge in [-0.3, -0.25) is 13.9 Å². The van der Waals surface area contributed by atoms with E-state index in [1.165, 1.54) is 31.2 Å². The van der Waals surface area contributed by atoms with Crippen LogP contribution in [0.5, 0.6) is 0 Å². The van der Waals surface area contributed by atoms with E-state index < -0.39 is 62.4 Å². The van der Waals surface area contributed by atoms with Gasteiger partial charge in [0.1, 0.15) is 12.6 Å². The van der Waals surface area contributed by atoms with Gasteiger partial charge in [-0.05, 0) is 69.7 Å². The van der Waals surface area contributed by atoms with Crippen LogP contribution >= 0.6 is 23.2 Å². The Bertz CT molecular complexity index is 1550. The van der Waals surface area contributed by atoms with Crippen molar-refractivity contribution in [1.82, 2.24) is 10.2 Å². The third-order valence-electron chi connectivity index (χ3n) is 6.12. The maximum atomic E-state index is 13.9. The summed E-state index contributed by atoms with van der Waals surface area (Å²) in [6, 6.07) is 15.0. The van der Waals surface area contributed by atoms with E-state index >= 15 is 0 Å². The Morgan fingerprint density at radius 3 is 2.07 bits per heavy atom. The van der Waals surface area contributed by atoms with Crippen molar-refractivity contribution in [3.05, 3.63) is 94.0 Å². The lowest BCUT2D eigenvalue weighted by atomic mass is 10.1. The summed E-state index contributed by atoms with van der Waals surface area (Å²) >= 11 is 12.1. The summed E-state index contributed by atoms with van der Waals surface area (Å²) in [5.41, 5.74) is -1.88. The summed E-state index contributed by atoms with van der Waals surface area (Å²) in [5.74, 6) is -1.37. The van der Waals surface area contributed by atoms with E-state index in [0.29, 0.717) is 21.0 Å². The van der Waals surface area contributed by atoms with E-state index in [9.17, 15) is 31.2 Å². The lowest BCUT2D eigenvalue weighted by Gasteiger charge is -2.33. The molecule has 0 heterocycles. The maximum absolute atomic E-state index is 13.9. The number of anilines is 1. The molecule has 3 aromatic rings. The lowest BCUT2D eigenvalue weighted by Crippen LogP contribution is -2.54. The Morgan fingerprint density at radius 2 is 1.50 bits per heavy atom. The molecule has 1 N–H and O–H groups in total. The highest BCUT2D eigenvalue weighted by Gasteiger charge is 2.37. The molecule has 0 aromatic heterocycles. The first-order valence-electron chi connectivity index (χ1n) is 12.7. The third kappa shape index (κ3) is 8.17. The molecular weight excluding hydrogens is 614 g/mol. The molecule has 226 valence electrons. The van der Waals surface area contributed by atoms with Crippen molar-refractivity contribution in [2.75, 3.05) is 10.8 Å². The minimum absolute atomic E-state index is 0.176. The molecular formula is C29H30Cl2F3N3O4S. The van der Waals surface area contributed by atoms with Crippen molar-refractivity contribution in [3.63, 3.8) is 0 Å². The Hall–Kier alpha value is -3.28. The van der Waals surface area contributed by atoms with Gasteiger partial charge in [0.25, 0.3) is 10.0 Å². The van der Waals surface area contributed by atoms with Gasteiger partial charge in [-0.2, -0.15) is 13.2 Å². The Morgan fingerprint density at radius 1 is 0.905 bits per heavy atom. The zero-order valence-electron chi connectivity index (χ0n) is 23.2. The molecule has 1 atom stereocenters. The molecule has 0 unspecified atom stereocenters. The van der Waals surface area contributed by atoms with Crippen LogP contribution < -0.4 is 9.62 Å². The molecule has 0 radical (unpaired) electrons. The van der Waals surface area contributed by atoms with Crippen LogP contribution in [0.1, 0.15) is 38.8 Å². The molecule has 42 heavy (non-hydrogen) atoms. The van der Waals surface area contributed by atoms with Crippen molar-refractivity contribution in [3.8, 4) is 0 Å². The fourth-order valence-electron chi connectivity index (χ4n) is 4.00. The number of carbonyl (C=O) groups is 2. The molecule has 7 nitrogen and oxygen atoms in total. The highest BCUT2D eigenvalue weighted by molar-refractivity contribution is 7.92. The molecule has 0 aliphatic rings. The number of hydrogen-bond acceptors (Lipinski definition) is 4. The monoisotopic (exact) mass is 643 g/mol. The molecule has 0 aliphatic heterocycles. The quantitative estimate of drug-likeness (QED) is 0.287. The van der Waals surface area contributed by atoms with Crippen molar-refractivity contribution in [2.24, 2.45) is 0 Å². The van der Waals surface area contributed by atoms with Crippen LogP contribution in [0.4, 0.5) is 18.9 Å². The SMILES string of the molecule is C[C@@H](C(=O)NC(C)(C)C)N(Cc1ccccc1Cl)C(=O)CN(c1ccc(Cl)c(C(F)(F)F)c1)S(=O)(=O)c1ccccc1. The van der Waals surface area contributed by atoms with Gasteiger partial charge < -0.3 is 10.2 Å². The molecule has 0 aliphatic carbocycles. The summed E-state index contributed by atoms with van der Waals surface area (Å²) in [6.07, 6.45) is -4.89. The van der Waals surface area contributed by atoms with Crippen LogP contribution in [0.15, 0.2) is 77.7 Å². The van der Waals surface area contributed by atoms with Gasteiger partial charge in [-0.25, -0.2) is 8.42 Å². The van der Waals surface area contributed by atoms with Gasteiger partial charge in [-0.15, -0.1) is 0 Å². The Balaban J connectivity index is 2.13. The number of nitrogens with one attached hydrogen (secondary N) is 1. The van der Waals surface area contributed by atoms with Gasteiger partial charge in [-0.1, -0.05) is 59.6 Å². The van der Waals surface area contributed by atoms with Crippen molar-refractivity contribution >= 4 is 50.7 Å². The second-order valence-electron chi connectivity index (χ2n) is 10.5. The van der Waals surface area contributed by atoms with E-state index in [-0.39, 0.29) is 11.4 Å². The van der Waals surface area contributed by atoms with Crippen molar-refractivity contribution < 1.29 is 31.2 Å². The molecule has 0 spiro atoms. The molecule has 13 heteroatoms. The van der Waals surface area contributed by atoms with Gasteiger partial charge >= 0.3 is 6.18 Å². The van der Waals surface area contributed by atoms with Gasteiger partial charge in [0.05, 0.1) is 21.2 Å².